The smallest absolute Gasteiger partial charge is 0.343 e. The molecule has 0 aliphatic rings. The fraction of sp³-hybridized carbons (Fsp3) is 0.160. The van der Waals surface area contributed by atoms with Crippen molar-refractivity contribution in [3.8, 4) is 11.5 Å². The topological polar surface area (TPSA) is 77.0 Å². The van der Waals surface area contributed by atoms with Gasteiger partial charge in [-0.3, -0.25) is 4.79 Å². The SMILES string of the molecule is CCCCOc1ccc(C(=O)N/N=C/c2cccc(OC(=O)c3ccc(Cl)cc3)c2)cc1. The van der Waals surface area contributed by atoms with Crippen molar-refractivity contribution in [2.24, 2.45) is 5.10 Å². The Morgan fingerprint density at radius 1 is 0.969 bits per heavy atom. The number of halogens is 1. The lowest BCUT2D eigenvalue weighted by Crippen LogP contribution is -2.17. The lowest BCUT2D eigenvalue weighted by molar-refractivity contribution is 0.0734. The number of ether oxygens (including phenoxy) is 2. The van der Waals surface area contributed by atoms with Crippen LogP contribution in [0.2, 0.25) is 5.02 Å². The van der Waals surface area contributed by atoms with Crippen molar-refractivity contribution in [3.63, 3.8) is 0 Å². The van der Waals surface area contributed by atoms with Crippen LogP contribution in [0.25, 0.3) is 0 Å². The molecule has 0 radical (unpaired) electrons. The molecule has 0 heterocycles. The summed E-state index contributed by atoms with van der Waals surface area (Å²) in [6, 6.07) is 20.1. The highest BCUT2D eigenvalue weighted by Crippen LogP contribution is 2.16. The van der Waals surface area contributed by atoms with Crippen molar-refractivity contribution in [1.29, 1.82) is 0 Å². The minimum atomic E-state index is -0.494. The van der Waals surface area contributed by atoms with E-state index in [-0.39, 0.29) is 5.91 Å². The summed E-state index contributed by atoms with van der Waals surface area (Å²) in [7, 11) is 0. The first-order chi connectivity index (χ1) is 15.5. The third kappa shape index (κ3) is 6.96. The van der Waals surface area contributed by atoms with Gasteiger partial charge in [0.25, 0.3) is 5.91 Å². The molecule has 7 heteroatoms. The molecule has 164 valence electrons. The maximum Gasteiger partial charge on any atom is 0.343 e. The first kappa shape index (κ1) is 23.0. The molecule has 3 aromatic rings. The number of amides is 1. The van der Waals surface area contributed by atoms with Gasteiger partial charge in [-0.15, -0.1) is 0 Å². The summed E-state index contributed by atoms with van der Waals surface area (Å²) < 4.78 is 11.0. The van der Waals surface area contributed by atoms with Gasteiger partial charge >= 0.3 is 5.97 Å². The highest BCUT2D eigenvalue weighted by atomic mass is 35.5. The molecule has 1 amide bonds. The van der Waals surface area contributed by atoms with Crippen LogP contribution in [0.15, 0.2) is 77.9 Å². The van der Waals surface area contributed by atoms with E-state index in [1.807, 2.05) is 0 Å². The number of rotatable bonds is 9. The zero-order valence-electron chi connectivity index (χ0n) is 17.6. The molecule has 0 saturated carbocycles. The van der Waals surface area contributed by atoms with E-state index in [0.717, 1.165) is 18.6 Å². The van der Waals surface area contributed by atoms with Crippen LogP contribution in [0.1, 0.15) is 46.0 Å². The number of hydrogen-bond acceptors (Lipinski definition) is 5. The summed E-state index contributed by atoms with van der Waals surface area (Å²) >= 11 is 5.84. The van der Waals surface area contributed by atoms with Gasteiger partial charge in [-0.05, 0) is 72.6 Å². The van der Waals surface area contributed by atoms with Crippen LogP contribution < -0.4 is 14.9 Å². The standard InChI is InChI=1S/C25H23ClN2O4/c1-2-3-15-31-22-13-9-19(10-14-22)24(29)28-27-17-18-5-4-6-23(16-18)32-25(30)20-7-11-21(26)12-8-20/h4-14,16-17H,2-3,15H2,1H3,(H,28,29)/b27-17+. The molecule has 6 nitrogen and oxygen atoms in total. The van der Waals surface area contributed by atoms with Gasteiger partial charge in [0.1, 0.15) is 11.5 Å². The summed E-state index contributed by atoms with van der Waals surface area (Å²) in [5.41, 5.74) is 4.00. The maximum atomic E-state index is 12.3. The number of carbonyl (C=O) groups is 2. The summed E-state index contributed by atoms with van der Waals surface area (Å²) in [5, 5.41) is 4.52. The second-order valence-corrected chi connectivity index (χ2v) is 7.33. The molecule has 3 aromatic carbocycles. The van der Waals surface area contributed by atoms with E-state index in [9.17, 15) is 9.59 Å². The van der Waals surface area contributed by atoms with Gasteiger partial charge in [-0.1, -0.05) is 37.1 Å². The van der Waals surface area contributed by atoms with Crippen LogP contribution in [0.4, 0.5) is 0 Å². The first-order valence-electron chi connectivity index (χ1n) is 10.2. The summed E-state index contributed by atoms with van der Waals surface area (Å²) in [5.74, 6) is 0.250. The van der Waals surface area contributed by atoms with E-state index in [4.69, 9.17) is 21.1 Å². The van der Waals surface area contributed by atoms with Crippen molar-refractivity contribution >= 4 is 29.7 Å². The fourth-order valence-electron chi connectivity index (χ4n) is 2.68. The Hall–Kier alpha value is -3.64. The molecule has 1 N–H and O–H groups in total. The third-order valence-corrected chi connectivity index (χ3v) is 4.66. The van der Waals surface area contributed by atoms with Crippen LogP contribution in [0.5, 0.6) is 11.5 Å². The Balaban J connectivity index is 1.54. The molecular formula is C25H23ClN2O4. The fourth-order valence-corrected chi connectivity index (χ4v) is 2.80. The van der Waals surface area contributed by atoms with Crippen LogP contribution in [-0.2, 0) is 0 Å². The van der Waals surface area contributed by atoms with E-state index in [1.165, 1.54) is 6.21 Å². The lowest BCUT2D eigenvalue weighted by Gasteiger charge is -2.06. The quantitative estimate of drug-likeness (QED) is 0.153. The highest BCUT2D eigenvalue weighted by Gasteiger charge is 2.09. The number of hydrogen-bond donors (Lipinski definition) is 1. The maximum absolute atomic E-state index is 12.3. The third-order valence-electron chi connectivity index (χ3n) is 4.41. The molecule has 0 aromatic heterocycles. The largest absolute Gasteiger partial charge is 0.494 e. The van der Waals surface area contributed by atoms with Gasteiger partial charge in [-0.25, -0.2) is 10.2 Å². The molecule has 32 heavy (non-hydrogen) atoms. The van der Waals surface area contributed by atoms with Crippen molar-refractivity contribution < 1.29 is 19.1 Å². The van der Waals surface area contributed by atoms with Gasteiger partial charge in [-0.2, -0.15) is 5.10 Å². The number of hydrazone groups is 1. The predicted octanol–water partition coefficient (Wildman–Crippen LogP) is 5.50. The van der Waals surface area contributed by atoms with Crippen molar-refractivity contribution in [2.45, 2.75) is 19.8 Å². The number of unbranched alkanes of at least 4 members (excludes halogenated alkanes) is 1. The summed E-state index contributed by atoms with van der Waals surface area (Å²) in [6.07, 6.45) is 3.52. The summed E-state index contributed by atoms with van der Waals surface area (Å²) in [4.78, 5) is 24.5. The summed E-state index contributed by atoms with van der Waals surface area (Å²) in [6.45, 7) is 2.75. The number of benzene rings is 3. The predicted molar refractivity (Wildman–Crippen MR) is 125 cm³/mol. The van der Waals surface area contributed by atoms with Crippen LogP contribution in [0, 0.1) is 0 Å². The molecule has 0 unspecified atom stereocenters. The molecule has 0 spiro atoms. The van der Waals surface area contributed by atoms with Gasteiger partial charge in [0, 0.05) is 10.6 Å². The van der Waals surface area contributed by atoms with Crippen molar-refractivity contribution in [2.75, 3.05) is 6.61 Å². The normalized spacial score (nSPS) is 10.7. The van der Waals surface area contributed by atoms with E-state index in [2.05, 4.69) is 17.5 Å². The van der Waals surface area contributed by atoms with Crippen molar-refractivity contribution in [3.05, 3.63) is 94.5 Å². The van der Waals surface area contributed by atoms with E-state index >= 15 is 0 Å². The van der Waals surface area contributed by atoms with Gasteiger partial charge in [0.05, 0.1) is 18.4 Å². The Kier molecular flexibility index (Phi) is 8.40. The van der Waals surface area contributed by atoms with Crippen LogP contribution in [0.3, 0.4) is 0 Å². The van der Waals surface area contributed by atoms with E-state index < -0.39 is 5.97 Å². The second-order valence-electron chi connectivity index (χ2n) is 6.89. The van der Waals surface area contributed by atoms with Gasteiger partial charge < -0.3 is 9.47 Å². The Labute approximate surface area is 191 Å². The molecule has 3 rings (SSSR count). The van der Waals surface area contributed by atoms with Crippen LogP contribution in [-0.4, -0.2) is 24.7 Å². The minimum Gasteiger partial charge on any atom is -0.494 e. The average molecular weight is 451 g/mol. The number of nitrogens with zero attached hydrogens (tertiary/aromatic N) is 1. The minimum absolute atomic E-state index is 0.341. The van der Waals surface area contributed by atoms with Gasteiger partial charge in [0.2, 0.25) is 0 Å². The Bertz CT molecular complexity index is 1080. The Morgan fingerprint density at radius 2 is 1.69 bits per heavy atom. The highest BCUT2D eigenvalue weighted by molar-refractivity contribution is 6.30. The molecular weight excluding hydrogens is 428 g/mol. The van der Waals surface area contributed by atoms with E-state index in [0.29, 0.717) is 34.1 Å². The zero-order chi connectivity index (χ0) is 22.8. The number of carbonyl (C=O) groups excluding carboxylic acids is 2. The zero-order valence-corrected chi connectivity index (χ0v) is 18.3. The van der Waals surface area contributed by atoms with Crippen molar-refractivity contribution in [1.82, 2.24) is 5.43 Å². The lowest BCUT2D eigenvalue weighted by atomic mass is 10.2. The molecule has 0 saturated heterocycles. The van der Waals surface area contributed by atoms with Gasteiger partial charge in [0.15, 0.2) is 0 Å². The molecule has 0 atom stereocenters. The first-order valence-corrected chi connectivity index (χ1v) is 10.6. The second kappa shape index (κ2) is 11.7. The number of esters is 1. The Morgan fingerprint density at radius 3 is 2.41 bits per heavy atom. The number of nitrogens with one attached hydrogen (secondary N) is 1. The molecule has 0 aliphatic carbocycles. The van der Waals surface area contributed by atoms with Crippen LogP contribution >= 0.6 is 11.6 Å². The monoisotopic (exact) mass is 450 g/mol. The van der Waals surface area contributed by atoms with E-state index in [1.54, 1.807) is 72.8 Å². The molecule has 0 fully saturated rings. The molecule has 0 aliphatic heterocycles. The molecule has 0 bridgehead atoms. The average Bonchev–Trinajstić information content (AvgIpc) is 2.80.